The molecular formula is C18H21NO2S. The van der Waals surface area contributed by atoms with Crippen LogP contribution in [0.25, 0.3) is 0 Å². The van der Waals surface area contributed by atoms with Crippen molar-refractivity contribution in [3.05, 3.63) is 65.7 Å². The normalized spacial score (nSPS) is 19.4. The summed E-state index contributed by atoms with van der Waals surface area (Å²) in [6, 6.07) is 17.4. The van der Waals surface area contributed by atoms with Crippen molar-refractivity contribution in [1.29, 1.82) is 0 Å². The van der Waals surface area contributed by atoms with Crippen LogP contribution in [-0.2, 0) is 16.4 Å². The van der Waals surface area contributed by atoms with Crippen molar-refractivity contribution >= 4 is 10.0 Å². The Morgan fingerprint density at radius 3 is 2.36 bits per heavy atom. The number of aryl methyl sites for hydroxylation is 1. The molecule has 1 atom stereocenters. The Morgan fingerprint density at radius 2 is 1.73 bits per heavy atom. The lowest BCUT2D eigenvalue weighted by molar-refractivity contribution is 0.473. The van der Waals surface area contributed by atoms with E-state index in [1.807, 2.05) is 30.3 Å². The van der Waals surface area contributed by atoms with Gasteiger partial charge in [-0.05, 0) is 42.0 Å². The average molecular weight is 315 g/mol. The fourth-order valence-electron chi connectivity index (χ4n) is 2.99. The lowest BCUT2D eigenvalue weighted by atomic mass is 9.99. The number of rotatable bonds is 4. The standard InChI is InChI=1S/C18H21NO2S/c1-2-15-8-10-18(11-9-15)22(20,21)19-13-12-17(14-19)16-6-4-3-5-7-16/h3-11,17H,2,12-14H2,1H3. The Balaban J connectivity index is 1.79. The summed E-state index contributed by atoms with van der Waals surface area (Å²) in [4.78, 5) is 0.401. The zero-order valence-corrected chi connectivity index (χ0v) is 13.6. The van der Waals surface area contributed by atoms with Gasteiger partial charge in [-0.1, -0.05) is 49.4 Å². The molecule has 1 aliphatic rings. The maximum Gasteiger partial charge on any atom is 0.243 e. The van der Waals surface area contributed by atoms with Gasteiger partial charge >= 0.3 is 0 Å². The maximum atomic E-state index is 12.7. The minimum Gasteiger partial charge on any atom is -0.207 e. The van der Waals surface area contributed by atoms with Crippen molar-refractivity contribution in [2.24, 2.45) is 0 Å². The molecule has 1 aliphatic heterocycles. The molecule has 0 spiro atoms. The van der Waals surface area contributed by atoms with E-state index >= 15 is 0 Å². The van der Waals surface area contributed by atoms with Gasteiger partial charge in [-0.15, -0.1) is 0 Å². The third-order valence-corrected chi connectivity index (χ3v) is 6.27. The van der Waals surface area contributed by atoms with Gasteiger partial charge in [-0.25, -0.2) is 8.42 Å². The van der Waals surface area contributed by atoms with Crippen LogP contribution in [0.1, 0.15) is 30.4 Å². The second-order valence-electron chi connectivity index (χ2n) is 5.76. The summed E-state index contributed by atoms with van der Waals surface area (Å²) in [5, 5.41) is 0. The first-order chi connectivity index (χ1) is 10.6. The van der Waals surface area contributed by atoms with E-state index in [-0.39, 0.29) is 0 Å². The summed E-state index contributed by atoms with van der Waals surface area (Å²) in [7, 11) is -3.37. The van der Waals surface area contributed by atoms with E-state index in [9.17, 15) is 8.42 Å². The van der Waals surface area contributed by atoms with E-state index in [4.69, 9.17) is 0 Å². The van der Waals surface area contributed by atoms with Crippen LogP contribution in [0, 0.1) is 0 Å². The van der Waals surface area contributed by atoms with E-state index in [1.54, 1.807) is 16.4 Å². The Bertz CT molecular complexity index is 723. The first kappa shape index (κ1) is 15.3. The predicted molar refractivity (Wildman–Crippen MR) is 88.4 cm³/mol. The summed E-state index contributed by atoms with van der Waals surface area (Å²) in [6.07, 6.45) is 1.80. The average Bonchev–Trinajstić information content (AvgIpc) is 3.06. The maximum absolute atomic E-state index is 12.7. The second-order valence-corrected chi connectivity index (χ2v) is 7.69. The highest BCUT2D eigenvalue weighted by atomic mass is 32.2. The van der Waals surface area contributed by atoms with Gasteiger partial charge in [0.25, 0.3) is 0 Å². The summed E-state index contributed by atoms with van der Waals surface area (Å²) in [6.45, 7) is 3.23. The molecule has 2 aromatic carbocycles. The third-order valence-electron chi connectivity index (χ3n) is 4.39. The second kappa shape index (κ2) is 6.23. The third kappa shape index (κ3) is 2.94. The fourth-order valence-corrected chi connectivity index (χ4v) is 4.49. The topological polar surface area (TPSA) is 37.4 Å². The van der Waals surface area contributed by atoms with Gasteiger partial charge in [0.2, 0.25) is 10.0 Å². The van der Waals surface area contributed by atoms with Crippen LogP contribution < -0.4 is 0 Å². The van der Waals surface area contributed by atoms with Crippen LogP contribution >= 0.6 is 0 Å². The minimum absolute atomic E-state index is 0.297. The molecule has 4 heteroatoms. The van der Waals surface area contributed by atoms with E-state index < -0.39 is 10.0 Å². The van der Waals surface area contributed by atoms with Crippen molar-refractivity contribution in [1.82, 2.24) is 4.31 Å². The Hall–Kier alpha value is -1.65. The summed E-state index contributed by atoms with van der Waals surface area (Å²) < 4.78 is 27.1. The molecule has 1 unspecified atom stereocenters. The lowest BCUT2D eigenvalue weighted by Gasteiger charge is -2.17. The van der Waals surface area contributed by atoms with E-state index in [2.05, 4.69) is 19.1 Å². The Morgan fingerprint density at radius 1 is 1.05 bits per heavy atom. The molecular weight excluding hydrogens is 294 g/mol. The van der Waals surface area contributed by atoms with Crippen molar-refractivity contribution in [2.75, 3.05) is 13.1 Å². The molecule has 0 N–H and O–H groups in total. The van der Waals surface area contributed by atoms with Gasteiger partial charge in [0.1, 0.15) is 0 Å². The summed E-state index contributed by atoms with van der Waals surface area (Å²) in [5.41, 5.74) is 2.38. The summed E-state index contributed by atoms with van der Waals surface area (Å²) in [5.74, 6) is 0.297. The molecule has 0 aliphatic carbocycles. The first-order valence-electron chi connectivity index (χ1n) is 7.75. The molecule has 0 aromatic heterocycles. The molecule has 0 radical (unpaired) electrons. The van der Waals surface area contributed by atoms with E-state index in [1.165, 1.54) is 5.56 Å². The highest BCUT2D eigenvalue weighted by Crippen LogP contribution is 2.30. The van der Waals surface area contributed by atoms with Crippen molar-refractivity contribution in [3.63, 3.8) is 0 Å². The molecule has 1 heterocycles. The molecule has 0 saturated carbocycles. The van der Waals surface area contributed by atoms with Crippen LogP contribution in [0.3, 0.4) is 0 Å². The smallest absolute Gasteiger partial charge is 0.207 e. The Labute approximate surface area is 132 Å². The molecule has 3 nitrogen and oxygen atoms in total. The predicted octanol–water partition coefficient (Wildman–Crippen LogP) is 3.43. The largest absolute Gasteiger partial charge is 0.243 e. The highest BCUT2D eigenvalue weighted by Gasteiger charge is 2.32. The minimum atomic E-state index is -3.37. The monoisotopic (exact) mass is 315 g/mol. The van der Waals surface area contributed by atoms with Crippen molar-refractivity contribution < 1.29 is 8.42 Å². The molecule has 22 heavy (non-hydrogen) atoms. The quantitative estimate of drug-likeness (QED) is 0.867. The van der Waals surface area contributed by atoms with E-state index in [0.717, 1.165) is 18.4 Å². The van der Waals surface area contributed by atoms with Gasteiger partial charge in [0, 0.05) is 13.1 Å². The zero-order chi connectivity index (χ0) is 15.6. The SMILES string of the molecule is CCc1ccc(S(=O)(=O)N2CCC(c3ccccc3)C2)cc1. The van der Waals surface area contributed by atoms with Gasteiger partial charge in [-0.3, -0.25) is 0 Å². The van der Waals surface area contributed by atoms with Gasteiger partial charge < -0.3 is 0 Å². The van der Waals surface area contributed by atoms with Crippen LogP contribution in [-0.4, -0.2) is 25.8 Å². The Kier molecular flexibility index (Phi) is 4.32. The first-order valence-corrected chi connectivity index (χ1v) is 9.19. The van der Waals surface area contributed by atoms with Crippen LogP contribution in [0.4, 0.5) is 0 Å². The molecule has 1 fully saturated rings. The van der Waals surface area contributed by atoms with Crippen LogP contribution in [0.15, 0.2) is 59.5 Å². The molecule has 116 valence electrons. The molecule has 0 bridgehead atoms. The lowest BCUT2D eigenvalue weighted by Crippen LogP contribution is -2.28. The van der Waals surface area contributed by atoms with Crippen LogP contribution in [0.5, 0.6) is 0 Å². The van der Waals surface area contributed by atoms with Gasteiger partial charge in [-0.2, -0.15) is 4.31 Å². The van der Waals surface area contributed by atoms with Gasteiger partial charge in [0.05, 0.1) is 4.90 Å². The van der Waals surface area contributed by atoms with Crippen molar-refractivity contribution in [3.8, 4) is 0 Å². The number of hydrogen-bond donors (Lipinski definition) is 0. The molecule has 2 aromatic rings. The number of hydrogen-bond acceptors (Lipinski definition) is 2. The fraction of sp³-hybridized carbons (Fsp3) is 0.333. The number of sulfonamides is 1. The molecule has 1 saturated heterocycles. The molecule has 0 amide bonds. The molecule has 3 rings (SSSR count). The van der Waals surface area contributed by atoms with E-state index in [0.29, 0.717) is 23.9 Å². The van der Waals surface area contributed by atoms with Gasteiger partial charge in [0.15, 0.2) is 0 Å². The number of nitrogens with zero attached hydrogens (tertiary/aromatic N) is 1. The van der Waals surface area contributed by atoms with Crippen LogP contribution in [0.2, 0.25) is 0 Å². The number of benzene rings is 2. The summed E-state index contributed by atoms with van der Waals surface area (Å²) >= 11 is 0. The highest BCUT2D eigenvalue weighted by molar-refractivity contribution is 7.89. The van der Waals surface area contributed by atoms with Crippen molar-refractivity contribution in [2.45, 2.75) is 30.6 Å². The zero-order valence-electron chi connectivity index (χ0n) is 12.8.